The number of pyridine rings is 2. The monoisotopic (exact) mass is 371 g/mol. The molecule has 1 N–H and O–H groups in total. The third kappa shape index (κ3) is 3.17. The van der Waals surface area contributed by atoms with Crippen LogP contribution in [-0.2, 0) is 6.54 Å². The van der Waals surface area contributed by atoms with Crippen molar-refractivity contribution < 1.29 is 4.79 Å². The zero-order valence-corrected chi connectivity index (χ0v) is 14.0. The zero-order chi connectivity index (χ0) is 16.4. The molecule has 3 rings (SSSR count). The second-order valence-electron chi connectivity index (χ2n) is 5.12. The highest BCUT2D eigenvalue weighted by Gasteiger charge is 2.07. The van der Waals surface area contributed by atoms with Crippen molar-refractivity contribution in [2.45, 2.75) is 6.54 Å². The summed E-state index contributed by atoms with van der Waals surface area (Å²) in [5.41, 5.74) is 1.36. The number of rotatable bonds is 3. The molecule has 0 radical (unpaired) electrons. The van der Waals surface area contributed by atoms with Crippen LogP contribution < -0.4 is 10.9 Å². The second kappa shape index (κ2) is 6.34. The van der Waals surface area contributed by atoms with E-state index in [2.05, 4.69) is 26.2 Å². The Bertz CT molecular complexity index is 950. The largest absolute Gasteiger partial charge is 0.355 e. The van der Waals surface area contributed by atoms with E-state index in [-0.39, 0.29) is 11.5 Å². The van der Waals surface area contributed by atoms with Gasteiger partial charge in [-0.1, -0.05) is 12.1 Å². The molecule has 0 unspecified atom stereocenters. The predicted molar refractivity (Wildman–Crippen MR) is 92.6 cm³/mol. The van der Waals surface area contributed by atoms with Gasteiger partial charge in [-0.25, -0.2) is 4.98 Å². The van der Waals surface area contributed by atoms with Crippen molar-refractivity contribution in [1.82, 2.24) is 14.9 Å². The summed E-state index contributed by atoms with van der Waals surface area (Å²) < 4.78 is 2.31. The lowest BCUT2D eigenvalue weighted by Crippen LogP contribution is -2.21. The topological polar surface area (TPSA) is 64.0 Å². The first-order chi connectivity index (χ1) is 11.1. The van der Waals surface area contributed by atoms with E-state index < -0.39 is 0 Å². The van der Waals surface area contributed by atoms with Gasteiger partial charge in [0.2, 0.25) is 0 Å². The fourth-order valence-electron chi connectivity index (χ4n) is 2.43. The van der Waals surface area contributed by atoms with Gasteiger partial charge in [0, 0.05) is 25.0 Å². The van der Waals surface area contributed by atoms with Gasteiger partial charge in [0.25, 0.3) is 11.5 Å². The zero-order valence-electron chi connectivity index (χ0n) is 12.4. The average molecular weight is 372 g/mol. The predicted octanol–water partition coefficient (Wildman–Crippen LogP) is 2.57. The van der Waals surface area contributed by atoms with Gasteiger partial charge < -0.3 is 9.88 Å². The van der Waals surface area contributed by atoms with Gasteiger partial charge in [-0.3, -0.25) is 9.59 Å². The highest BCUT2D eigenvalue weighted by Crippen LogP contribution is 2.14. The number of nitrogens with one attached hydrogen (secondary N) is 1. The van der Waals surface area contributed by atoms with Crippen LogP contribution in [0.2, 0.25) is 0 Å². The maximum Gasteiger partial charge on any atom is 0.260 e. The van der Waals surface area contributed by atoms with Crippen LogP contribution >= 0.6 is 15.9 Å². The molecule has 2 aromatic heterocycles. The lowest BCUT2D eigenvalue weighted by Gasteiger charge is -2.09. The van der Waals surface area contributed by atoms with Crippen LogP contribution in [0.5, 0.6) is 0 Å². The number of hydrogen-bond acceptors (Lipinski definition) is 3. The number of carbonyl (C=O) groups excluding carboxylic acids is 1. The molecule has 6 heteroatoms. The molecule has 0 aliphatic carbocycles. The number of halogens is 1. The molecule has 0 aliphatic rings. The van der Waals surface area contributed by atoms with Crippen LogP contribution in [-0.4, -0.2) is 22.5 Å². The fraction of sp³-hybridized carbons (Fsp3) is 0.118. The number of carbonyl (C=O) groups is 1. The quantitative estimate of drug-likeness (QED) is 0.719. The third-order valence-electron chi connectivity index (χ3n) is 3.60. The van der Waals surface area contributed by atoms with Gasteiger partial charge in [-0.2, -0.15) is 0 Å². The van der Waals surface area contributed by atoms with Crippen LogP contribution in [0.1, 0.15) is 15.9 Å². The SMILES string of the molecule is CNC(=O)c1cccc(Cn2ccc3cc(Br)ncc3c2=O)c1. The molecule has 3 aromatic rings. The summed E-state index contributed by atoms with van der Waals surface area (Å²) in [5, 5.41) is 4.00. The van der Waals surface area contributed by atoms with E-state index in [4.69, 9.17) is 0 Å². The lowest BCUT2D eigenvalue weighted by atomic mass is 10.1. The molecular weight excluding hydrogens is 358 g/mol. The Kier molecular flexibility index (Phi) is 4.25. The first-order valence-corrected chi connectivity index (χ1v) is 7.83. The van der Waals surface area contributed by atoms with Gasteiger partial charge in [-0.15, -0.1) is 0 Å². The molecule has 0 saturated carbocycles. The number of hydrogen-bond donors (Lipinski definition) is 1. The van der Waals surface area contributed by atoms with E-state index in [1.807, 2.05) is 24.3 Å². The summed E-state index contributed by atoms with van der Waals surface area (Å²) >= 11 is 3.30. The molecule has 2 heterocycles. The Morgan fingerprint density at radius 1 is 1.30 bits per heavy atom. The van der Waals surface area contributed by atoms with E-state index in [9.17, 15) is 9.59 Å². The van der Waals surface area contributed by atoms with Crippen molar-refractivity contribution in [2.24, 2.45) is 0 Å². The maximum absolute atomic E-state index is 12.5. The molecule has 0 atom stereocenters. The van der Waals surface area contributed by atoms with Crippen LogP contribution in [0.15, 0.2) is 58.2 Å². The first kappa shape index (κ1) is 15.4. The first-order valence-electron chi connectivity index (χ1n) is 7.04. The van der Waals surface area contributed by atoms with Crippen LogP contribution in [0.3, 0.4) is 0 Å². The van der Waals surface area contributed by atoms with Gasteiger partial charge in [-0.05, 0) is 51.1 Å². The highest BCUT2D eigenvalue weighted by atomic mass is 79.9. The van der Waals surface area contributed by atoms with Crippen LogP contribution in [0, 0.1) is 0 Å². The lowest BCUT2D eigenvalue weighted by molar-refractivity contribution is 0.0963. The maximum atomic E-state index is 12.5. The average Bonchev–Trinajstić information content (AvgIpc) is 2.57. The number of aromatic nitrogens is 2. The van der Waals surface area contributed by atoms with E-state index in [0.29, 0.717) is 22.1 Å². The summed E-state index contributed by atoms with van der Waals surface area (Å²) in [4.78, 5) is 28.4. The normalized spacial score (nSPS) is 10.7. The van der Waals surface area contributed by atoms with Gasteiger partial charge >= 0.3 is 0 Å². The van der Waals surface area contributed by atoms with Gasteiger partial charge in [0.1, 0.15) is 4.60 Å². The summed E-state index contributed by atoms with van der Waals surface area (Å²) in [6.45, 7) is 0.398. The van der Waals surface area contributed by atoms with Crippen LogP contribution in [0.4, 0.5) is 0 Å². The molecule has 0 spiro atoms. The minimum atomic E-state index is -0.147. The minimum Gasteiger partial charge on any atom is -0.355 e. The molecule has 0 aliphatic heterocycles. The van der Waals surface area contributed by atoms with E-state index >= 15 is 0 Å². The summed E-state index contributed by atoms with van der Waals surface area (Å²) in [6.07, 6.45) is 3.32. The van der Waals surface area contributed by atoms with E-state index in [1.54, 1.807) is 36.1 Å². The Morgan fingerprint density at radius 3 is 2.91 bits per heavy atom. The summed E-state index contributed by atoms with van der Waals surface area (Å²) in [6, 6.07) is 10.9. The molecule has 5 nitrogen and oxygen atoms in total. The Hall–Kier alpha value is -2.47. The Labute approximate surface area is 141 Å². The highest BCUT2D eigenvalue weighted by molar-refractivity contribution is 9.10. The van der Waals surface area contributed by atoms with E-state index in [0.717, 1.165) is 10.9 Å². The van der Waals surface area contributed by atoms with Gasteiger partial charge in [0.15, 0.2) is 0 Å². The molecule has 0 fully saturated rings. The number of amides is 1. The minimum absolute atomic E-state index is 0.104. The molecule has 1 aromatic carbocycles. The van der Waals surface area contributed by atoms with Crippen molar-refractivity contribution >= 4 is 32.6 Å². The molecule has 116 valence electrons. The van der Waals surface area contributed by atoms with Crippen molar-refractivity contribution in [3.8, 4) is 0 Å². The second-order valence-corrected chi connectivity index (χ2v) is 5.94. The van der Waals surface area contributed by atoms with E-state index in [1.165, 1.54) is 0 Å². The van der Waals surface area contributed by atoms with Crippen molar-refractivity contribution in [2.75, 3.05) is 7.05 Å². The van der Waals surface area contributed by atoms with Crippen molar-refractivity contribution in [3.63, 3.8) is 0 Å². The summed E-state index contributed by atoms with van der Waals surface area (Å²) in [5.74, 6) is -0.147. The molecule has 1 amide bonds. The van der Waals surface area contributed by atoms with Crippen molar-refractivity contribution in [3.05, 3.63) is 74.9 Å². The molecular formula is C17H14BrN3O2. The summed E-state index contributed by atoms with van der Waals surface area (Å²) in [7, 11) is 1.59. The van der Waals surface area contributed by atoms with Crippen LogP contribution in [0.25, 0.3) is 10.8 Å². The molecule has 23 heavy (non-hydrogen) atoms. The molecule has 0 bridgehead atoms. The fourth-order valence-corrected chi connectivity index (χ4v) is 2.78. The molecule has 0 saturated heterocycles. The number of benzene rings is 1. The Balaban J connectivity index is 1.99. The van der Waals surface area contributed by atoms with Gasteiger partial charge in [0.05, 0.1) is 11.9 Å². The number of fused-ring (bicyclic) bond motifs is 1. The number of nitrogens with zero attached hydrogens (tertiary/aromatic N) is 2. The third-order valence-corrected chi connectivity index (χ3v) is 4.03. The van der Waals surface area contributed by atoms with Crippen molar-refractivity contribution in [1.29, 1.82) is 0 Å². The Morgan fingerprint density at radius 2 is 2.13 bits per heavy atom. The smallest absolute Gasteiger partial charge is 0.260 e. The standard InChI is InChI=1S/C17H14BrN3O2/c1-19-16(22)13-4-2-3-11(7-13)10-21-6-5-12-8-15(18)20-9-14(12)17(21)23/h2-9H,10H2,1H3,(H,19,22).